The first-order valence-electron chi connectivity index (χ1n) is 8.89. The highest BCUT2D eigenvalue weighted by molar-refractivity contribution is 7.98. The average molecular weight is 442 g/mol. The van der Waals surface area contributed by atoms with E-state index in [-0.39, 0.29) is 12.3 Å². The van der Waals surface area contributed by atoms with Crippen LogP contribution in [0.1, 0.15) is 6.42 Å². The monoisotopic (exact) mass is 442 g/mol. The van der Waals surface area contributed by atoms with Gasteiger partial charge in [-0.25, -0.2) is 0 Å². The first-order valence-corrected chi connectivity index (χ1v) is 10.3. The van der Waals surface area contributed by atoms with Gasteiger partial charge in [0.1, 0.15) is 17.5 Å². The molecule has 2 aromatic rings. The minimum Gasteiger partial charge on any atom is -0.484 e. The summed E-state index contributed by atoms with van der Waals surface area (Å²) in [7, 11) is 0. The van der Waals surface area contributed by atoms with Crippen molar-refractivity contribution in [3.05, 3.63) is 54.6 Å². The number of hydrogen-bond acceptors (Lipinski definition) is 5. The quantitative estimate of drug-likeness (QED) is 0.585. The first-order chi connectivity index (χ1) is 14.3. The van der Waals surface area contributed by atoms with Crippen LogP contribution < -0.4 is 20.1 Å². The molecule has 0 spiro atoms. The van der Waals surface area contributed by atoms with Crippen LogP contribution in [0.15, 0.2) is 54.6 Å². The lowest BCUT2D eigenvalue weighted by atomic mass is 10.2. The van der Waals surface area contributed by atoms with Gasteiger partial charge < -0.3 is 20.1 Å². The van der Waals surface area contributed by atoms with E-state index in [1.54, 1.807) is 24.3 Å². The molecule has 0 aliphatic heterocycles. The Kier molecular flexibility index (Phi) is 8.85. The predicted octanol–water partition coefficient (Wildman–Crippen LogP) is 3.84. The van der Waals surface area contributed by atoms with E-state index in [1.807, 2.05) is 12.3 Å². The second-order valence-corrected chi connectivity index (χ2v) is 7.05. The van der Waals surface area contributed by atoms with E-state index in [4.69, 9.17) is 4.74 Å². The summed E-state index contributed by atoms with van der Waals surface area (Å²) < 4.78 is 45.8. The minimum absolute atomic E-state index is 0.253. The highest BCUT2D eigenvalue weighted by atomic mass is 32.2. The highest BCUT2D eigenvalue weighted by Gasteiger charge is 2.31. The molecule has 0 unspecified atom stereocenters. The summed E-state index contributed by atoms with van der Waals surface area (Å²) in [5, 5.41) is 5.20. The molecule has 10 heteroatoms. The van der Waals surface area contributed by atoms with Crippen molar-refractivity contribution in [1.29, 1.82) is 0 Å². The van der Waals surface area contributed by atoms with E-state index in [0.717, 1.165) is 12.1 Å². The minimum atomic E-state index is -4.79. The largest absolute Gasteiger partial charge is 0.573 e. The number of halogens is 3. The Bertz CT molecular complexity index is 817. The standard InChI is InChI=1S/C20H21F3N2O4S/c1-30-12-11-17(25-18(26)13-28-15-5-3-2-4-6-15)19(27)24-14-7-9-16(10-8-14)29-20(21,22)23/h2-10,17H,11-13H2,1H3,(H,24,27)(H,25,26)/t17-/m1/s1. The maximum absolute atomic E-state index is 12.6. The molecule has 2 amide bonds. The number of anilines is 1. The van der Waals surface area contributed by atoms with Gasteiger partial charge in [-0.1, -0.05) is 18.2 Å². The lowest BCUT2D eigenvalue weighted by Gasteiger charge is -2.18. The van der Waals surface area contributed by atoms with Gasteiger partial charge in [0.05, 0.1) is 0 Å². The number of para-hydroxylation sites is 1. The summed E-state index contributed by atoms with van der Waals surface area (Å²) in [4.78, 5) is 24.7. The lowest BCUT2D eigenvalue weighted by Crippen LogP contribution is -2.45. The molecule has 0 bridgehead atoms. The van der Waals surface area contributed by atoms with Crippen LogP contribution in [0.2, 0.25) is 0 Å². The number of hydrogen-bond donors (Lipinski definition) is 2. The van der Waals surface area contributed by atoms with E-state index in [1.165, 1.54) is 23.9 Å². The molecule has 2 N–H and O–H groups in total. The molecule has 0 aromatic heterocycles. The van der Waals surface area contributed by atoms with Crippen molar-refractivity contribution in [1.82, 2.24) is 5.32 Å². The van der Waals surface area contributed by atoms with Crippen molar-refractivity contribution < 1.29 is 32.2 Å². The van der Waals surface area contributed by atoms with E-state index < -0.39 is 30.0 Å². The number of carbonyl (C=O) groups excluding carboxylic acids is 2. The molecule has 1 atom stereocenters. The second kappa shape index (κ2) is 11.3. The van der Waals surface area contributed by atoms with Crippen LogP contribution in [0.5, 0.6) is 11.5 Å². The van der Waals surface area contributed by atoms with Gasteiger partial charge in [0.25, 0.3) is 5.91 Å². The lowest BCUT2D eigenvalue weighted by molar-refractivity contribution is -0.274. The molecule has 0 aliphatic carbocycles. The molecule has 0 heterocycles. The summed E-state index contributed by atoms with van der Waals surface area (Å²) >= 11 is 1.51. The van der Waals surface area contributed by atoms with Crippen LogP contribution in [0.4, 0.5) is 18.9 Å². The Morgan fingerprint density at radius 3 is 2.30 bits per heavy atom. The van der Waals surface area contributed by atoms with Crippen LogP contribution in [-0.2, 0) is 9.59 Å². The van der Waals surface area contributed by atoms with Crippen LogP contribution in [0, 0.1) is 0 Å². The molecule has 0 saturated heterocycles. The fraction of sp³-hybridized carbons (Fsp3) is 0.300. The third kappa shape index (κ3) is 8.64. The molecule has 0 fully saturated rings. The van der Waals surface area contributed by atoms with Gasteiger partial charge in [0, 0.05) is 5.69 Å². The Hall–Kier alpha value is -2.88. The number of rotatable bonds is 10. The van der Waals surface area contributed by atoms with Gasteiger partial charge in [-0.2, -0.15) is 11.8 Å². The van der Waals surface area contributed by atoms with Crippen LogP contribution in [0.3, 0.4) is 0 Å². The Labute approximate surface area is 176 Å². The van der Waals surface area contributed by atoms with E-state index in [2.05, 4.69) is 15.4 Å². The molecule has 6 nitrogen and oxygen atoms in total. The summed E-state index contributed by atoms with van der Waals surface area (Å²) in [5.74, 6) is -0.198. The Morgan fingerprint density at radius 2 is 1.70 bits per heavy atom. The smallest absolute Gasteiger partial charge is 0.484 e. The summed E-state index contributed by atoms with van der Waals surface area (Å²) in [6.45, 7) is -0.253. The number of thioether (sulfide) groups is 1. The van der Waals surface area contributed by atoms with Crippen molar-refractivity contribution in [2.45, 2.75) is 18.8 Å². The molecule has 0 saturated carbocycles. The number of carbonyl (C=O) groups is 2. The van der Waals surface area contributed by atoms with Gasteiger partial charge >= 0.3 is 6.36 Å². The Morgan fingerprint density at radius 1 is 1.03 bits per heavy atom. The van der Waals surface area contributed by atoms with Crippen LogP contribution >= 0.6 is 11.8 Å². The molecule has 0 aliphatic rings. The zero-order valence-corrected chi connectivity index (χ0v) is 16.9. The molecule has 30 heavy (non-hydrogen) atoms. The predicted molar refractivity (Wildman–Crippen MR) is 109 cm³/mol. The highest BCUT2D eigenvalue weighted by Crippen LogP contribution is 2.24. The second-order valence-electron chi connectivity index (χ2n) is 6.06. The zero-order chi connectivity index (χ0) is 22.0. The summed E-state index contributed by atoms with van der Waals surface area (Å²) in [6.07, 6.45) is -2.55. The van der Waals surface area contributed by atoms with Crippen molar-refractivity contribution >= 4 is 29.3 Å². The van der Waals surface area contributed by atoms with Crippen LogP contribution in [-0.4, -0.2) is 42.8 Å². The van der Waals surface area contributed by atoms with Gasteiger partial charge in [-0.05, 0) is 54.8 Å². The van der Waals surface area contributed by atoms with Gasteiger partial charge in [-0.3, -0.25) is 9.59 Å². The van der Waals surface area contributed by atoms with Gasteiger partial charge in [-0.15, -0.1) is 13.2 Å². The molecule has 2 rings (SSSR count). The Balaban J connectivity index is 1.92. The number of benzene rings is 2. The van der Waals surface area contributed by atoms with E-state index in [9.17, 15) is 22.8 Å². The normalized spacial score (nSPS) is 12.0. The third-order valence-electron chi connectivity index (χ3n) is 3.73. The number of amides is 2. The van der Waals surface area contributed by atoms with E-state index in [0.29, 0.717) is 17.9 Å². The fourth-order valence-electron chi connectivity index (χ4n) is 2.38. The third-order valence-corrected chi connectivity index (χ3v) is 4.37. The fourth-order valence-corrected chi connectivity index (χ4v) is 2.85. The number of nitrogens with one attached hydrogen (secondary N) is 2. The molecule has 2 aromatic carbocycles. The first kappa shape index (κ1) is 23.4. The molecule has 162 valence electrons. The average Bonchev–Trinajstić information content (AvgIpc) is 2.70. The van der Waals surface area contributed by atoms with Crippen molar-refractivity contribution in [3.63, 3.8) is 0 Å². The van der Waals surface area contributed by atoms with E-state index >= 15 is 0 Å². The summed E-state index contributed by atoms with van der Waals surface area (Å²) in [6, 6.07) is 12.7. The number of ether oxygens (including phenoxy) is 2. The van der Waals surface area contributed by atoms with Crippen molar-refractivity contribution in [2.24, 2.45) is 0 Å². The van der Waals surface area contributed by atoms with Crippen molar-refractivity contribution in [3.8, 4) is 11.5 Å². The summed E-state index contributed by atoms with van der Waals surface area (Å²) in [5.41, 5.74) is 0.276. The SMILES string of the molecule is CSCC[C@@H](NC(=O)COc1ccccc1)C(=O)Nc1ccc(OC(F)(F)F)cc1. The van der Waals surface area contributed by atoms with Gasteiger partial charge in [0.15, 0.2) is 6.61 Å². The maximum atomic E-state index is 12.6. The van der Waals surface area contributed by atoms with Crippen LogP contribution in [0.25, 0.3) is 0 Å². The topological polar surface area (TPSA) is 76.7 Å². The molecular weight excluding hydrogens is 421 g/mol. The van der Waals surface area contributed by atoms with Crippen molar-refractivity contribution in [2.75, 3.05) is 23.9 Å². The number of alkyl halides is 3. The molecule has 0 radical (unpaired) electrons. The zero-order valence-electron chi connectivity index (χ0n) is 16.1. The molecular formula is C20H21F3N2O4S. The van der Waals surface area contributed by atoms with Gasteiger partial charge in [0.2, 0.25) is 5.91 Å². The maximum Gasteiger partial charge on any atom is 0.573 e.